The molecule has 1 N–H and O–H groups in total. The molecule has 2 aromatic rings. The number of anilines is 1. The van der Waals surface area contributed by atoms with Crippen LogP contribution in [0.1, 0.15) is 6.92 Å². The number of rotatable bonds is 3. The Morgan fingerprint density at radius 3 is 2.81 bits per heavy atom. The highest BCUT2D eigenvalue weighted by Gasteiger charge is 2.32. The lowest BCUT2D eigenvalue weighted by molar-refractivity contribution is -0.119. The van der Waals surface area contributed by atoms with Crippen LogP contribution in [0.4, 0.5) is 10.5 Å². The van der Waals surface area contributed by atoms with Gasteiger partial charge in [0, 0.05) is 12.6 Å². The van der Waals surface area contributed by atoms with Crippen molar-refractivity contribution in [3.8, 4) is 0 Å². The Balaban J connectivity index is 1.79. The Morgan fingerprint density at radius 1 is 1.29 bits per heavy atom. The summed E-state index contributed by atoms with van der Waals surface area (Å²) >= 11 is 0. The third-order valence-electron chi connectivity index (χ3n) is 3.50. The van der Waals surface area contributed by atoms with Crippen LogP contribution in [-0.4, -0.2) is 31.2 Å². The van der Waals surface area contributed by atoms with Gasteiger partial charge < -0.3 is 10.1 Å². The van der Waals surface area contributed by atoms with Gasteiger partial charge in [-0.3, -0.25) is 9.69 Å². The molecule has 0 spiro atoms. The molecule has 1 aliphatic heterocycles. The molecule has 1 fully saturated rings. The van der Waals surface area contributed by atoms with Crippen LogP contribution < -0.4 is 10.2 Å². The van der Waals surface area contributed by atoms with E-state index in [9.17, 15) is 9.59 Å². The molecule has 0 aliphatic carbocycles. The van der Waals surface area contributed by atoms with E-state index in [2.05, 4.69) is 5.32 Å². The topological polar surface area (TPSA) is 58.6 Å². The largest absolute Gasteiger partial charge is 0.442 e. The molecule has 1 saturated heterocycles. The summed E-state index contributed by atoms with van der Waals surface area (Å²) in [6.07, 6.45) is -0.687. The van der Waals surface area contributed by atoms with Crippen LogP contribution in [0, 0.1) is 0 Å². The van der Waals surface area contributed by atoms with Crippen LogP contribution in [0.2, 0.25) is 0 Å². The lowest BCUT2D eigenvalue weighted by Gasteiger charge is -2.13. The minimum atomic E-state index is -0.374. The van der Waals surface area contributed by atoms with Crippen LogP contribution in [0.5, 0.6) is 0 Å². The van der Waals surface area contributed by atoms with Gasteiger partial charge in [-0.05, 0) is 22.9 Å². The first-order valence-corrected chi connectivity index (χ1v) is 6.85. The maximum Gasteiger partial charge on any atom is 0.414 e. The zero-order valence-electron chi connectivity index (χ0n) is 11.7. The maximum atomic E-state index is 12.0. The summed E-state index contributed by atoms with van der Waals surface area (Å²) in [6.45, 7) is 2.22. The van der Waals surface area contributed by atoms with Gasteiger partial charge in [0.05, 0.1) is 13.1 Å². The standard InChI is InChI=1S/C16H16N2O3/c1-11(19)17-9-15-10-18(16(20)21-15)14-7-6-12-4-2-3-5-13(12)8-14/h2-8,15H,9-10H2,1H3,(H,17,19). The molecule has 0 aromatic heterocycles. The molecule has 0 radical (unpaired) electrons. The molecule has 1 heterocycles. The van der Waals surface area contributed by atoms with Crippen molar-refractivity contribution in [1.29, 1.82) is 0 Å². The number of nitrogens with one attached hydrogen (secondary N) is 1. The number of carbonyl (C=O) groups is 2. The number of hydrogen-bond donors (Lipinski definition) is 1. The summed E-state index contributed by atoms with van der Waals surface area (Å²) in [5.41, 5.74) is 0.809. The molecule has 1 unspecified atom stereocenters. The van der Waals surface area contributed by atoms with Gasteiger partial charge in [-0.1, -0.05) is 30.3 Å². The maximum absolute atomic E-state index is 12.0. The molecule has 0 bridgehead atoms. The Labute approximate surface area is 122 Å². The van der Waals surface area contributed by atoms with E-state index in [1.165, 1.54) is 6.92 Å². The van der Waals surface area contributed by atoms with Crippen molar-refractivity contribution in [2.75, 3.05) is 18.0 Å². The third-order valence-corrected chi connectivity index (χ3v) is 3.50. The fraction of sp³-hybridized carbons (Fsp3) is 0.250. The molecular weight excluding hydrogens is 268 g/mol. The molecule has 0 saturated carbocycles. The van der Waals surface area contributed by atoms with Crippen molar-refractivity contribution in [1.82, 2.24) is 5.32 Å². The highest BCUT2D eigenvalue weighted by atomic mass is 16.6. The molecule has 21 heavy (non-hydrogen) atoms. The third kappa shape index (κ3) is 2.81. The summed E-state index contributed by atoms with van der Waals surface area (Å²) in [4.78, 5) is 24.5. The van der Waals surface area contributed by atoms with Gasteiger partial charge in [0.15, 0.2) is 0 Å². The van der Waals surface area contributed by atoms with E-state index in [0.29, 0.717) is 13.1 Å². The van der Waals surface area contributed by atoms with E-state index in [1.807, 2.05) is 42.5 Å². The average Bonchev–Trinajstić information content (AvgIpc) is 2.86. The summed E-state index contributed by atoms with van der Waals surface area (Å²) in [5, 5.41) is 4.87. The van der Waals surface area contributed by atoms with Crippen molar-refractivity contribution in [2.24, 2.45) is 0 Å². The Bertz CT molecular complexity index is 699. The van der Waals surface area contributed by atoms with Gasteiger partial charge in [-0.25, -0.2) is 4.79 Å². The first-order chi connectivity index (χ1) is 10.1. The minimum Gasteiger partial charge on any atom is -0.442 e. The quantitative estimate of drug-likeness (QED) is 0.941. The minimum absolute atomic E-state index is 0.129. The van der Waals surface area contributed by atoms with Crippen LogP contribution in [0.25, 0.3) is 10.8 Å². The number of cyclic esters (lactones) is 1. The predicted molar refractivity (Wildman–Crippen MR) is 80.2 cm³/mol. The first-order valence-electron chi connectivity index (χ1n) is 6.85. The van der Waals surface area contributed by atoms with Crippen molar-refractivity contribution in [3.63, 3.8) is 0 Å². The average molecular weight is 284 g/mol. The van der Waals surface area contributed by atoms with Crippen molar-refractivity contribution < 1.29 is 14.3 Å². The van der Waals surface area contributed by atoms with Gasteiger partial charge in [0.2, 0.25) is 5.91 Å². The highest BCUT2D eigenvalue weighted by Crippen LogP contribution is 2.25. The van der Waals surface area contributed by atoms with E-state index >= 15 is 0 Å². The predicted octanol–water partition coefficient (Wildman–Crippen LogP) is 2.30. The first kappa shape index (κ1) is 13.4. The molecule has 5 heteroatoms. The van der Waals surface area contributed by atoms with Gasteiger partial charge in [0.25, 0.3) is 0 Å². The molecule has 1 aliphatic rings. The van der Waals surface area contributed by atoms with E-state index in [-0.39, 0.29) is 18.1 Å². The van der Waals surface area contributed by atoms with Crippen LogP contribution in [0.3, 0.4) is 0 Å². The van der Waals surface area contributed by atoms with Crippen molar-refractivity contribution in [2.45, 2.75) is 13.0 Å². The second-order valence-corrected chi connectivity index (χ2v) is 5.08. The Hall–Kier alpha value is -2.56. The van der Waals surface area contributed by atoms with Crippen LogP contribution >= 0.6 is 0 Å². The van der Waals surface area contributed by atoms with Gasteiger partial charge in [0.1, 0.15) is 6.10 Å². The van der Waals surface area contributed by atoms with E-state index < -0.39 is 0 Å². The molecule has 3 rings (SSSR count). The van der Waals surface area contributed by atoms with Crippen LogP contribution in [0.15, 0.2) is 42.5 Å². The second kappa shape index (κ2) is 5.44. The summed E-state index contributed by atoms with van der Waals surface area (Å²) in [7, 11) is 0. The second-order valence-electron chi connectivity index (χ2n) is 5.08. The fourth-order valence-corrected chi connectivity index (χ4v) is 2.44. The van der Waals surface area contributed by atoms with Gasteiger partial charge in [-0.15, -0.1) is 0 Å². The lowest BCUT2D eigenvalue weighted by atomic mass is 10.1. The molecule has 2 aromatic carbocycles. The number of ether oxygens (including phenoxy) is 1. The fourth-order valence-electron chi connectivity index (χ4n) is 2.44. The molecule has 2 amide bonds. The number of hydrogen-bond acceptors (Lipinski definition) is 3. The number of carbonyl (C=O) groups excluding carboxylic acids is 2. The Morgan fingerprint density at radius 2 is 2.05 bits per heavy atom. The molecular formula is C16H16N2O3. The number of amides is 2. The summed E-state index contributed by atoms with van der Waals surface area (Å²) in [6, 6.07) is 13.8. The number of benzene rings is 2. The molecule has 5 nitrogen and oxygen atoms in total. The smallest absolute Gasteiger partial charge is 0.414 e. The number of nitrogens with zero attached hydrogens (tertiary/aromatic N) is 1. The summed E-state index contributed by atoms with van der Waals surface area (Å²) in [5.74, 6) is -0.129. The summed E-state index contributed by atoms with van der Waals surface area (Å²) < 4.78 is 5.26. The van der Waals surface area contributed by atoms with Crippen molar-refractivity contribution >= 4 is 28.5 Å². The molecule has 108 valence electrons. The van der Waals surface area contributed by atoms with E-state index in [4.69, 9.17) is 4.74 Å². The number of fused-ring (bicyclic) bond motifs is 1. The molecule has 1 atom stereocenters. The van der Waals surface area contributed by atoms with E-state index in [0.717, 1.165) is 16.5 Å². The van der Waals surface area contributed by atoms with Gasteiger partial charge in [-0.2, -0.15) is 0 Å². The lowest BCUT2D eigenvalue weighted by Crippen LogP contribution is -2.33. The van der Waals surface area contributed by atoms with Gasteiger partial charge >= 0.3 is 6.09 Å². The monoisotopic (exact) mass is 284 g/mol. The van der Waals surface area contributed by atoms with Crippen LogP contribution in [-0.2, 0) is 9.53 Å². The SMILES string of the molecule is CC(=O)NCC1CN(c2ccc3ccccc3c2)C(=O)O1. The van der Waals surface area contributed by atoms with Crippen molar-refractivity contribution in [3.05, 3.63) is 42.5 Å². The zero-order valence-corrected chi connectivity index (χ0v) is 11.7. The zero-order chi connectivity index (χ0) is 14.8. The normalized spacial score (nSPS) is 17.9. The Kier molecular flexibility index (Phi) is 3.48. The highest BCUT2D eigenvalue weighted by molar-refractivity contribution is 5.94. The van der Waals surface area contributed by atoms with E-state index in [1.54, 1.807) is 4.90 Å².